The van der Waals surface area contributed by atoms with Crippen molar-refractivity contribution >= 4 is 5.97 Å². The number of nitrogens with zero attached hydrogens (tertiary/aromatic N) is 1. The predicted octanol–water partition coefficient (Wildman–Crippen LogP) is 0.0190. The average Bonchev–Trinajstić information content (AvgIpc) is 2.26. The molecule has 0 saturated carbocycles. The van der Waals surface area contributed by atoms with Crippen LogP contribution in [0.5, 0.6) is 0 Å². The van der Waals surface area contributed by atoms with Gasteiger partial charge in [-0.3, -0.25) is 19.1 Å². The van der Waals surface area contributed by atoms with Crippen LogP contribution < -0.4 is 11.2 Å². The summed E-state index contributed by atoms with van der Waals surface area (Å²) in [5.74, 6) is -1.42. The summed E-state index contributed by atoms with van der Waals surface area (Å²) in [4.78, 5) is 34.7. The summed E-state index contributed by atoms with van der Waals surface area (Å²) in [5, 5.41) is 0. The lowest BCUT2D eigenvalue weighted by Crippen LogP contribution is -2.32. The van der Waals surface area contributed by atoms with Gasteiger partial charge in [0.1, 0.15) is 6.61 Å². The number of H-pyrrole nitrogens is 1. The van der Waals surface area contributed by atoms with Gasteiger partial charge < -0.3 is 4.74 Å². The number of esters is 1. The fourth-order valence-electron chi connectivity index (χ4n) is 1.18. The number of hydrogen-bond donors (Lipinski definition) is 1. The second-order valence-corrected chi connectivity index (χ2v) is 3.40. The van der Waals surface area contributed by atoms with E-state index in [1.54, 1.807) is 4.98 Å². The molecule has 0 saturated heterocycles. The number of carbonyl (C=O) groups excluding carboxylic acids is 1. The minimum Gasteiger partial charge on any atom is -0.464 e. The summed E-state index contributed by atoms with van der Waals surface area (Å²) in [5.41, 5.74) is -1.79. The molecule has 0 aliphatic carbocycles. The maximum absolute atomic E-state index is 12.9. The molecule has 1 rings (SSSR count). The molecule has 0 amide bonds. The Morgan fingerprint density at radius 1 is 1.53 bits per heavy atom. The van der Waals surface area contributed by atoms with Gasteiger partial charge in [0.15, 0.2) is 0 Å². The molecule has 0 aliphatic heterocycles. The first-order chi connectivity index (χ1) is 8.04. The highest BCUT2D eigenvalue weighted by atomic mass is 19.1. The Hall–Kier alpha value is -1.92. The number of rotatable bonds is 5. The Balaban J connectivity index is 2.58. The minimum absolute atomic E-state index is 0.00197. The topological polar surface area (TPSA) is 81.2 Å². The van der Waals surface area contributed by atoms with E-state index >= 15 is 0 Å². The van der Waals surface area contributed by atoms with E-state index in [-0.39, 0.29) is 19.1 Å². The number of halogens is 1. The Labute approximate surface area is 96.0 Å². The standard InChI is InChI=1S/C10H13FN2O4/c1-2-3-8(14)17-5-4-13-6-7(11)9(15)12-10(13)16/h6H,2-5H2,1H3,(H,12,15,16). The molecule has 94 valence electrons. The van der Waals surface area contributed by atoms with Crippen LogP contribution in [0.2, 0.25) is 0 Å². The Morgan fingerprint density at radius 2 is 2.24 bits per heavy atom. The van der Waals surface area contributed by atoms with Crippen molar-refractivity contribution in [1.82, 2.24) is 9.55 Å². The second kappa shape index (κ2) is 5.97. The lowest BCUT2D eigenvalue weighted by molar-refractivity contribution is -0.143. The van der Waals surface area contributed by atoms with Crippen LogP contribution >= 0.6 is 0 Å². The van der Waals surface area contributed by atoms with E-state index < -0.39 is 17.1 Å². The molecular weight excluding hydrogens is 231 g/mol. The molecule has 0 unspecified atom stereocenters. The van der Waals surface area contributed by atoms with Crippen molar-refractivity contribution in [2.24, 2.45) is 0 Å². The van der Waals surface area contributed by atoms with E-state index in [1.165, 1.54) is 0 Å². The predicted molar refractivity (Wildman–Crippen MR) is 57.1 cm³/mol. The quantitative estimate of drug-likeness (QED) is 0.740. The Morgan fingerprint density at radius 3 is 2.88 bits per heavy atom. The summed E-state index contributed by atoms with van der Waals surface area (Å²) >= 11 is 0. The largest absolute Gasteiger partial charge is 0.464 e. The van der Waals surface area contributed by atoms with Crippen molar-refractivity contribution in [3.8, 4) is 0 Å². The van der Waals surface area contributed by atoms with Crippen molar-refractivity contribution in [3.05, 3.63) is 32.9 Å². The van der Waals surface area contributed by atoms with Gasteiger partial charge in [-0.2, -0.15) is 4.39 Å². The van der Waals surface area contributed by atoms with Gasteiger partial charge >= 0.3 is 11.7 Å². The first-order valence-electron chi connectivity index (χ1n) is 5.19. The van der Waals surface area contributed by atoms with Crippen LogP contribution in [0, 0.1) is 5.82 Å². The fourth-order valence-corrected chi connectivity index (χ4v) is 1.18. The van der Waals surface area contributed by atoms with Gasteiger partial charge in [-0.05, 0) is 6.42 Å². The van der Waals surface area contributed by atoms with E-state index in [0.717, 1.165) is 10.8 Å². The van der Waals surface area contributed by atoms with Gasteiger partial charge in [-0.15, -0.1) is 0 Å². The summed E-state index contributed by atoms with van der Waals surface area (Å²) in [6.45, 7) is 1.80. The van der Waals surface area contributed by atoms with Gasteiger partial charge in [0, 0.05) is 6.42 Å². The third-order valence-corrected chi connectivity index (χ3v) is 2.02. The van der Waals surface area contributed by atoms with Crippen LogP contribution in [-0.2, 0) is 16.1 Å². The summed E-state index contributed by atoms with van der Waals surface area (Å²) in [6.07, 6.45) is 1.76. The fraction of sp³-hybridized carbons (Fsp3) is 0.500. The first kappa shape index (κ1) is 13.1. The van der Waals surface area contributed by atoms with Crippen molar-refractivity contribution in [2.75, 3.05) is 6.61 Å². The average molecular weight is 244 g/mol. The highest BCUT2D eigenvalue weighted by molar-refractivity contribution is 5.69. The molecule has 1 aromatic rings. The van der Waals surface area contributed by atoms with Gasteiger partial charge in [0.05, 0.1) is 12.7 Å². The summed E-state index contributed by atoms with van der Waals surface area (Å²) in [6, 6.07) is 0. The number of nitrogens with one attached hydrogen (secondary N) is 1. The third-order valence-electron chi connectivity index (χ3n) is 2.02. The van der Waals surface area contributed by atoms with Crippen molar-refractivity contribution in [1.29, 1.82) is 0 Å². The van der Waals surface area contributed by atoms with Gasteiger partial charge in [0.25, 0.3) is 5.56 Å². The Kier molecular flexibility index (Phi) is 4.62. The molecule has 0 spiro atoms. The smallest absolute Gasteiger partial charge is 0.328 e. The van der Waals surface area contributed by atoms with Gasteiger partial charge in [-0.25, -0.2) is 4.79 Å². The maximum atomic E-state index is 12.9. The van der Waals surface area contributed by atoms with E-state index in [9.17, 15) is 18.8 Å². The lowest BCUT2D eigenvalue weighted by Gasteiger charge is -2.06. The molecule has 6 nitrogen and oxygen atoms in total. The summed E-state index contributed by atoms with van der Waals surface area (Å²) < 4.78 is 18.6. The summed E-state index contributed by atoms with van der Waals surface area (Å²) in [7, 11) is 0. The number of ether oxygens (including phenoxy) is 1. The second-order valence-electron chi connectivity index (χ2n) is 3.40. The van der Waals surface area contributed by atoms with E-state index in [4.69, 9.17) is 4.74 Å². The third kappa shape index (κ3) is 3.86. The van der Waals surface area contributed by atoms with E-state index in [0.29, 0.717) is 12.8 Å². The van der Waals surface area contributed by atoms with Crippen LogP contribution in [0.1, 0.15) is 19.8 Å². The number of aromatic nitrogens is 2. The molecular formula is C10H13FN2O4. The molecule has 0 atom stereocenters. The molecule has 17 heavy (non-hydrogen) atoms. The monoisotopic (exact) mass is 244 g/mol. The van der Waals surface area contributed by atoms with Crippen LogP contribution in [0.4, 0.5) is 4.39 Å². The zero-order valence-corrected chi connectivity index (χ0v) is 9.36. The number of aromatic amines is 1. The molecule has 0 radical (unpaired) electrons. The molecule has 1 heterocycles. The normalized spacial score (nSPS) is 10.2. The molecule has 0 aliphatic rings. The van der Waals surface area contributed by atoms with E-state index in [2.05, 4.69) is 0 Å². The SMILES string of the molecule is CCCC(=O)OCCn1cc(F)c(=O)[nH]c1=O. The molecule has 0 bridgehead atoms. The minimum atomic E-state index is -1.06. The van der Waals surface area contributed by atoms with Gasteiger partial charge in [0.2, 0.25) is 5.82 Å². The number of carbonyl (C=O) groups is 1. The zero-order chi connectivity index (χ0) is 12.8. The highest BCUT2D eigenvalue weighted by Crippen LogP contribution is 1.92. The molecule has 0 fully saturated rings. The van der Waals surface area contributed by atoms with Crippen molar-refractivity contribution in [3.63, 3.8) is 0 Å². The highest BCUT2D eigenvalue weighted by Gasteiger charge is 2.05. The number of hydrogen-bond acceptors (Lipinski definition) is 4. The van der Waals surface area contributed by atoms with E-state index in [1.807, 2.05) is 6.92 Å². The molecule has 1 aromatic heterocycles. The van der Waals surface area contributed by atoms with Crippen LogP contribution in [0.15, 0.2) is 15.8 Å². The van der Waals surface area contributed by atoms with Crippen molar-refractivity contribution < 1.29 is 13.9 Å². The van der Waals surface area contributed by atoms with Crippen LogP contribution in [-0.4, -0.2) is 22.1 Å². The van der Waals surface area contributed by atoms with Crippen molar-refractivity contribution in [2.45, 2.75) is 26.3 Å². The molecule has 1 N–H and O–H groups in total. The van der Waals surface area contributed by atoms with Gasteiger partial charge in [-0.1, -0.05) is 6.92 Å². The first-order valence-corrected chi connectivity index (χ1v) is 5.19. The van der Waals surface area contributed by atoms with Crippen LogP contribution in [0.25, 0.3) is 0 Å². The zero-order valence-electron chi connectivity index (χ0n) is 9.36. The van der Waals surface area contributed by atoms with Crippen LogP contribution in [0.3, 0.4) is 0 Å². The lowest BCUT2D eigenvalue weighted by atomic mass is 10.3. The Bertz CT molecular complexity index is 506. The maximum Gasteiger partial charge on any atom is 0.328 e. The molecule has 7 heteroatoms. The molecule has 0 aromatic carbocycles.